The first kappa shape index (κ1) is 21.9. The quantitative estimate of drug-likeness (QED) is 0.357. The highest BCUT2D eigenvalue weighted by Gasteiger charge is 2.21. The number of allylic oxidation sites excluding steroid dienone is 1. The van der Waals surface area contributed by atoms with Gasteiger partial charge in [0, 0.05) is 0 Å². The topological polar surface area (TPSA) is 0 Å². The average molecular weight is 389 g/mol. The zero-order chi connectivity index (χ0) is 20.3. The van der Waals surface area contributed by atoms with Crippen LogP contribution in [0.4, 0.5) is 0 Å². The molecule has 0 aliphatic heterocycles. The molecule has 2 aromatic rings. The standard InChI is InChI=1S/C29H40/c1-3-5-6-7-9-25-10-12-26(13-11-25)14-15-27-18-22-29(23-19-27)28-20-16-24(8-4-2)17-21-28/h7,9-13,18-19,22-24,28H,3-6,8,14-17,20-21H2,1-2H3/b9-7+. The Morgan fingerprint density at radius 2 is 1.38 bits per heavy atom. The van der Waals surface area contributed by atoms with E-state index < -0.39 is 0 Å². The van der Waals surface area contributed by atoms with E-state index in [1.807, 2.05) is 0 Å². The second-order valence-corrected chi connectivity index (χ2v) is 9.03. The van der Waals surface area contributed by atoms with Gasteiger partial charge < -0.3 is 0 Å². The molecule has 1 saturated carbocycles. The number of benzene rings is 2. The first-order chi connectivity index (χ1) is 14.3. The van der Waals surface area contributed by atoms with E-state index in [2.05, 4.69) is 74.5 Å². The monoisotopic (exact) mass is 388 g/mol. The van der Waals surface area contributed by atoms with Crippen LogP contribution in [0.25, 0.3) is 6.08 Å². The molecule has 0 N–H and O–H groups in total. The summed E-state index contributed by atoms with van der Waals surface area (Å²) in [4.78, 5) is 0. The van der Waals surface area contributed by atoms with Gasteiger partial charge in [0.05, 0.1) is 0 Å². The molecule has 0 aromatic heterocycles. The largest absolute Gasteiger partial charge is 0.0839 e. The van der Waals surface area contributed by atoms with Crippen LogP contribution in [0.1, 0.15) is 99.8 Å². The van der Waals surface area contributed by atoms with Gasteiger partial charge in [-0.1, -0.05) is 100 Å². The summed E-state index contributed by atoms with van der Waals surface area (Å²) in [7, 11) is 0. The Bertz CT molecular complexity index is 712. The molecule has 1 aliphatic carbocycles. The van der Waals surface area contributed by atoms with E-state index in [0.717, 1.165) is 24.7 Å². The second kappa shape index (κ2) is 12.0. The zero-order valence-electron chi connectivity index (χ0n) is 18.7. The van der Waals surface area contributed by atoms with Crippen LogP contribution >= 0.6 is 0 Å². The van der Waals surface area contributed by atoms with Crippen LogP contribution in [0.2, 0.25) is 0 Å². The Hall–Kier alpha value is -1.82. The van der Waals surface area contributed by atoms with Crippen molar-refractivity contribution in [3.8, 4) is 0 Å². The highest BCUT2D eigenvalue weighted by molar-refractivity contribution is 5.49. The lowest BCUT2D eigenvalue weighted by Gasteiger charge is -2.28. The molecule has 0 unspecified atom stereocenters. The fourth-order valence-corrected chi connectivity index (χ4v) is 4.77. The van der Waals surface area contributed by atoms with Crippen molar-refractivity contribution in [3.05, 3.63) is 76.9 Å². The van der Waals surface area contributed by atoms with Crippen LogP contribution in [0.3, 0.4) is 0 Å². The Balaban J connectivity index is 1.45. The summed E-state index contributed by atoms with van der Waals surface area (Å²) in [6.45, 7) is 4.57. The van der Waals surface area contributed by atoms with Crippen molar-refractivity contribution in [1.29, 1.82) is 0 Å². The summed E-state index contributed by atoms with van der Waals surface area (Å²) in [5.41, 5.74) is 5.80. The Kier molecular flexibility index (Phi) is 9.06. The first-order valence-electron chi connectivity index (χ1n) is 12.1. The predicted octanol–water partition coefficient (Wildman–Crippen LogP) is 8.75. The lowest BCUT2D eigenvalue weighted by molar-refractivity contribution is 0.308. The number of unbranched alkanes of at least 4 members (excludes halogenated alkanes) is 2. The highest BCUT2D eigenvalue weighted by Crippen LogP contribution is 2.37. The molecular formula is C29H40. The summed E-state index contributed by atoms with van der Waals surface area (Å²) in [6, 6.07) is 18.7. The van der Waals surface area contributed by atoms with Gasteiger partial charge >= 0.3 is 0 Å². The molecule has 3 rings (SSSR count). The van der Waals surface area contributed by atoms with Gasteiger partial charge in [-0.2, -0.15) is 0 Å². The molecule has 0 spiro atoms. The molecule has 1 fully saturated rings. The SMILES string of the molecule is CCCC/C=C/c1ccc(CCc2ccc(C3CCC(CCC)CC3)cc2)cc1. The maximum atomic E-state index is 2.41. The van der Waals surface area contributed by atoms with Crippen molar-refractivity contribution in [2.24, 2.45) is 5.92 Å². The van der Waals surface area contributed by atoms with E-state index in [0.29, 0.717) is 0 Å². The molecule has 0 bridgehead atoms. The number of hydrogen-bond donors (Lipinski definition) is 0. The Morgan fingerprint density at radius 1 is 0.759 bits per heavy atom. The summed E-state index contributed by atoms with van der Waals surface area (Å²) >= 11 is 0. The van der Waals surface area contributed by atoms with Gasteiger partial charge in [-0.3, -0.25) is 0 Å². The summed E-state index contributed by atoms with van der Waals surface area (Å²) in [5.74, 6) is 1.80. The van der Waals surface area contributed by atoms with Crippen molar-refractivity contribution >= 4 is 6.08 Å². The molecule has 0 atom stereocenters. The second-order valence-electron chi connectivity index (χ2n) is 9.03. The van der Waals surface area contributed by atoms with Crippen LogP contribution < -0.4 is 0 Å². The van der Waals surface area contributed by atoms with E-state index in [-0.39, 0.29) is 0 Å². The van der Waals surface area contributed by atoms with Gasteiger partial charge in [0.25, 0.3) is 0 Å². The lowest BCUT2D eigenvalue weighted by atomic mass is 9.77. The van der Waals surface area contributed by atoms with Crippen molar-refractivity contribution < 1.29 is 0 Å². The van der Waals surface area contributed by atoms with E-state index in [9.17, 15) is 0 Å². The molecule has 156 valence electrons. The molecule has 0 amide bonds. The molecule has 29 heavy (non-hydrogen) atoms. The molecule has 0 saturated heterocycles. The number of rotatable bonds is 10. The summed E-state index contributed by atoms with van der Waals surface area (Å²) in [5, 5.41) is 0. The molecule has 0 nitrogen and oxygen atoms in total. The minimum absolute atomic E-state index is 0.801. The van der Waals surface area contributed by atoms with Gasteiger partial charge in [-0.05, 0) is 79.0 Å². The van der Waals surface area contributed by atoms with E-state index in [1.54, 1.807) is 5.56 Å². The first-order valence-corrected chi connectivity index (χ1v) is 12.1. The van der Waals surface area contributed by atoms with Crippen LogP contribution in [-0.2, 0) is 12.8 Å². The normalized spacial score (nSPS) is 19.7. The van der Waals surface area contributed by atoms with Crippen LogP contribution in [-0.4, -0.2) is 0 Å². The van der Waals surface area contributed by atoms with Crippen LogP contribution in [0.15, 0.2) is 54.6 Å². The third-order valence-electron chi connectivity index (χ3n) is 6.71. The van der Waals surface area contributed by atoms with Crippen molar-refractivity contribution in [2.45, 2.75) is 90.4 Å². The molecule has 1 aliphatic rings. The smallest absolute Gasteiger partial charge is 0.0162 e. The van der Waals surface area contributed by atoms with Crippen LogP contribution in [0, 0.1) is 5.92 Å². The molecule has 0 radical (unpaired) electrons. The molecule has 2 aromatic carbocycles. The van der Waals surface area contributed by atoms with Gasteiger partial charge in [0.2, 0.25) is 0 Å². The van der Waals surface area contributed by atoms with Gasteiger partial charge in [-0.15, -0.1) is 0 Å². The fourth-order valence-electron chi connectivity index (χ4n) is 4.77. The minimum atomic E-state index is 0.801. The number of aryl methyl sites for hydroxylation is 2. The maximum Gasteiger partial charge on any atom is -0.0162 e. The van der Waals surface area contributed by atoms with Gasteiger partial charge in [-0.25, -0.2) is 0 Å². The summed E-state index contributed by atoms with van der Waals surface area (Å²) in [6.07, 6.45) is 19.0. The van der Waals surface area contributed by atoms with Gasteiger partial charge in [0.1, 0.15) is 0 Å². The van der Waals surface area contributed by atoms with Crippen molar-refractivity contribution in [1.82, 2.24) is 0 Å². The van der Waals surface area contributed by atoms with Crippen molar-refractivity contribution in [3.63, 3.8) is 0 Å². The van der Waals surface area contributed by atoms with Crippen molar-refractivity contribution in [2.75, 3.05) is 0 Å². The molecule has 0 heterocycles. The fraction of sp³-hybridized carbons (Fsp3) is 0.517. The lowest BCUT2D eigenvalue weighted by Crippen LogP contribution is -2.13. The number of hydrogen-bond acceptors (Lipinski definition) is 0. The average Bonchev–Trinajstić information content (AvgIpc) is 2.77. The molecular weight excluding hydrogens is 348 g/mol. The van der Waals surface area contributed by atoms with E-state index in [4.69, 9.17) is 0 Å². The zero-order valence-corrected chi connectivity index (χ0v) is 18.7. The molecule has 0 heteroatoms. The third kappa shape index (κ3) is 7.18. The Morgan fingerprint density at radius 3 is 1.97 bits per heavy atom. The maximum absolute atomic E-state index is 2.41. The predicted molar refractivity (Wildman–Crippen MR) is 128 cm³/mol. The van der Waals surface area contributed by atoms with Crippen LogP contribution in [0.5, 0.6) is 0 Å². The van der Waals surface area contributed by atoms with Gasteiger partial charge in [0.15, 0.2) is 0 Å². The van der Waals surface area contributed by atoms with E-state index in [1.165, 1.54) is 74.5 Å². The third-order valence-corrected chi connectivity index (χ3v) is 6.71. The Labute approximate surface area is 179 Å². The summed E-state index contributed by atoms with van der Waals surface area (Å²) < 4.78 is 0. The highest BCUT2D eigenvalue weighted by atomic mass is 14.3. The van der Waals surface area contributed by atoms with E-state index >= 15 is 0 Å². The minimum Gasteiger partial charge on any atom is -0.0839 e.